The molecule has 0 bridgehead atoms. The standard InChI is InChI=1S/C22H29ClN4O3/c1-15(20(29)26-22(14-24)9-3-2-4-10-22)27-11-7-16(8-12-27)21(30)25-18-13-17(23)5-6-19(18)28/h5-6,13,15-16,28H,2-4,7-12H2,1H3,(H,25,30)(H,26,29). The molecule has 1 saturated heterocycles. The first-order valence-electron chi connectivity index (χ1n) is 10.6. The molecule has 2 amide bonds. The van der Waals surface area contributed by atoms with Crippen molar-refractivity contribution in [2.24, 2.45) is 5.92 Å². The van der Waals surface area contributed by atoms with Crippen LogP contribution in [0, 0.1) is 17.2 Å². The van der Waals surface area contributed by atoms with Crippen LogP contribution in [0.5, 0.6) is 5.75 Å². The van der Waals surface area contributed by atoms with Crippen molar-refractivity contribution in [3.63, 3.8) is 0 Å². The van der Waals surface area contributed by atoms with Crippen molar-refractivity contribution in [3.05, 3.63) is 23.2 Å². The fourth-order valence-corrected chi connectivity index (χ4v) is 4.49. The number of benzene rings is 1. The molecule has 3 N–H and O–H groups in total. The van der Waals surface area contributed by atoms with E-state index in [1.165, 1.54) is 12.1 Å². The number of nitrogens with zero attached hydrogens (tertiary/aromatic N) is 2. The lowest BCUT2D eigenvalue weighted by Gasteiger charge is -2.37. The van der Waals surface area contributed by atoms with Crippen molar-refractivity contribution < 1.29 is 14.7 Å². The summed E-state index contributed by atoms with van der Waals surface area (Å²) >= 11 is 5.93. The molecule has 1 aromatic carbocycles. The van der Waals surface area contributed by atoms with Crippen LogP contribution in [0.2, 0.25) is 5.02 Å². The lowest BCUT2D eigenvalue weighted by molar-refractivity contribution is -0.128. The number of nitrogens with one attached hydrogen (secondary N) is 2. The number of hydrogen-bond donors (Lipinski definition) is 3. The average Bonchev–Trinajstić information content (AvgIpc) is 2.76. The zero-order valence-corrected chi connectivity index (χ0v) is 18.0. The Morgan fingerprint density at radius 3 is 2.57 bits per heavy atom. The maximum Gasteiger partial charge on any atom is 0.238 e. The number of piperidine rings is 1. The molecule has 30 heavy (non-hydrogen) atoms. The second-order valence-corrected chi connectivity index (χ2v) is 8.82. The van der Waals surface area contributed by atoms with Gasteiger partial charge in [-0.25, -0.2) is 0 Å². The fourth-order valence-electron chi connectivity index (χ4n) is 4.32. The summed E-state index contributed by atoms with van der Waals surface area (Å²) in [5, 5.41) is 25.7. The van der Waals surface area contributed by atoms with E-state index in [4.69, 9.17) is 11.6 Å². The van der Waals surface area contributed by atoms with Gasteiger partial charge in [0.15, 0.2) is 0 Å². The van der Waals surface area contributed by atoms with Crippen LogP contribution in [0.4, 0.5) is 5.69 Å². The highest BCUT2D eigenvalue weighted by molar-refractivity contribution is 6.31. The third kappa shape index (κ3) is 5.24. The number of phenols is 1. The minimum Gasteiger partial charge on any atom is -0.506 e. The molecule has 0 spiro atoms. The summed E-state index contributed by atoms with van der Waals surface area (Å²) < 4.78 is 0. The molecule has 2 aliphatic rings. The Kier molecular flexibility index (Phi) is 7.22. The molecular weight excluding hydrogens is 404 g/mol. The van der Waals surface area contributed by atoms with Crippen LogP contribution in [0.25, 0.3) is 0 Å². The molecule has 1 saturated carbocycles. The molecule has 8 heteroatoms. The highest BCUT2D eigenvalue weighted by atomic mass is 35.5. The summed E-state index contributed by atoms with van der Waals surface area (Å²) in [4.78, 5) is 27.4. The molecular formula is C22H29ClN4O3. The second kappa shape index (κ2) is 9.67. The van der Waals surface area contributed by atoms with Gasteiger partial charge in [0.05, 0.1) is 17.8 Å². The van der Waals surface area contributed by atoms with Crippen LogP contribution in [-0.2, 0) is 9.59 Å². The Balaban J connectivity index is 1.51. The van der Waals surface area contributed by atoms with Crippen molar-refractivity contribution in [2.75, 3.05) is 18.4 Å². The zero-order chi connectivity index (χ0) is 21.7. The lowest BCUT2D eigenvalue weighted by Crippen LogP contribution is -2.56. The normalized spacial score (nSPS) is 20.7. The Hall–Kier alpha value is -2.30. The number of nitriles is 1. The fraction of sp³-hybridized carbons (Fsp3) is 0.591. The number of rotatable bonds is 5. The van der Waals surface area contributed by atoms with E-state index in [2.05, 4.69) is 21.6 Å². The summed E-state index contributed by atoms with van der Waals surface area (Å²) in [6.45, 7) is 3.09. The topological polar surface area (TPSA) is 105 Å². The molecule has 162 valence electrons. The summed E-state index contributed by atoms with van der Waals surface area (Å²) in [6.07, 6.45) is 5.69. The molecule has 1 atom stereocenters. The first-order valence-corrected chi connectivity index (χ1v) is 11.0. The van der Waals surface area contributed by atoms with Crippen LogP contribution in [0.1, 0.15) is 51.9 Å². The van der Waals surface area contributed by atoms with Gasteiger partial charge in [-0.1, -0.05) is 30.9 Å². The van der Waals surface area contributed by atoms with Gasteiger partial charge in [-0.2, -0.15) is 5.26 Å². The van der Waals surface area contributed by atoms with Crippen LogP contribution in [-0.4, -0.2) is 46.5 Å². The third-order valence-electron chi connectivity index (χ3n) is 6.33. The summed E-state index contributed by atoms with van der Waals surface area (Å²) in [7, 11) is 0. The molecule has 3 rings (SSSR count). The maximum absolute atomic E-state index is 12.8. The monoisotopic (exact) mass is 432 g/mol. The number of anilines is 1. The van der Waals surface area contributed by atoms with Crippen LogP contribution in [0.3, 0.4) is 0 Å². The van der Waals surface area contributed by atoms with Gasteiger partial charge in [0.25, 0.3) is 0 Å². The molecule has 1 aromatic rings. The van der Waals surface area contributed by atoms with Gasteiger partial charge in [0.2, 0.25) is 11.8 Å². The van der Waals surface area contributed by atoms with Crippen molar-refractivity contribution in [2.45, 2.75) is 63.5 Å². The van der Waals surface area contributed by atoms with Crippen molar-refractivity contribution >= 4 is 29.1 Å². The number of carbonyl (C=O) groups is 2. The SMILES string of the molecule is CC(C(=O)NC1(C#N)CCCCC1)N1CCC(C(=O)Nc2cc(Cl)ccc2O)CC1. The predicted molar refractivity (Wildman–Crippen MR) is 115 cm³/mol. The zero-order valence-electron chi connectivity index (χ0n) is 17.3. The number of phenolic OH excluding ortho intramolecular Hbond substituents is 1. The van der Waals surface area contributed by atoms with Gasteiger partial charge in [-0.3, -0.25) is 14.5 Å². The first-order chi connectivity index (χ1) is 14.3. The summed E-state index contributed by atoms with van der Waals surface area (Å²) in [5.41, 5.74) is -0.433. The molecule has 1 aliphatic carbocycles. The second-order valence-electron chi connectivity index (χ2n) is 8.38. The van der Waals surface area contributed by atoms with Crippen LogP contribution < -0.4 is 10.6 Å². The molecule has 1 heterocycles. The Morgan fingerprint density at radius 1 is 1.27 bits per heavy atom. The van der Waals surface area contributed by atoms with E-state index in [0.717, 1.165) is 19.3 Å². The summed E-state index contributed by atoms with van der Waals surface area (Å²) in [6, 6.07) is 6.50. The summed E-state index contributed by atoms with van der Waals surface area (Å²) in [5.74, 6) is -0.497. The highest BCUT2D eigenvalue weighted by Gasteiger charge is 2.37. The van der Waals surface area contributed by atoms with Gasteiger partial charge in [-0.05, 0) is 63.9 Å². The van der Waals surface area contributed by atoms with Crippen LogP contribution >= 0.6 is 11.6 Å². The average molecular weight is 433 g/mol. The molecule has 1 unspecified atom stereocenters. The highest BCUT2D eigenvalue weighted by Crippen LogP contribution is 2.30. The molecule has 1 aliphatic heterocycles. The van der Waals surface area contributed by atoms with Gasteiger partial charge in [0, 0.05) is 10.9 Å². The smallest absolute Gasteiger partial charge is 0.238 e. The number of carbonyl (C=O) groups excluding carboxylic acids is 2. The van der Waals surface area contributed by atoms with E-state index in [9.17, 15) is 20.0 Å². The van der Waals surface area contributed by atoms with Gasteiger partial charge in [-0.15, -0.1) is 0 Å². The maximum atomic E-state index is 12.8. The Labute approximate surface area is 182 Å². The van der Waals surface area contributed by atoms with E-state index < -0.39 is 5.54 Å². The number of likely N-dealkylation sites (tertiary alicyclic amines) is 1. The molecule has 0 aromatic heterocycles. The largest absolute Gasteiger partial charge is 0.506 e. The minimum absolute atomic E-state index is 0.0235. The van der Waals surface area contributed by atoms with Gasteiger partial charge >= 0.3 is 0 Å². The molecule has 2 fully saturated rings. The predicted octanol–water partition coefficient (Wildman–Crippen LogP) is 3.43. The number of hydrogen-bond acceptors (Lipinski definition) is 5. The van der Waals surface area contributed by atoms with E-state index in [-0.39, 0.29) is 29.5 Å². The number of amides is 2. The quantitative estimate of drug-likeness (QED) is 0.618. The van der Waals surface area contributed by atoms with Crippen molar-refractivity contribution in [1.29, 1.82) is 5.26 Å². The van der Waals surface area contributed by atoms with E-state index in [0.29, 0.717) is 49.5 Å². The Morgan fingerprint density at radius 2 is 1.93 bits per heavy atom. The van der Waals surface area contributed by atoms with E-state index in [1.807, 2.05) is 6.92 Å². The number of aromatic hydroxyl groups is 1. The van der Waals surface area contributed by atoms with E-state index >= 15 is 0 Å². The lowest BCUT2D eigenvalue weighted by atomic mass is 9.82. The molecule has 0 radical (unpaired) electrons. The van der Waals surface area contributed by atoms with Crippen LogP contribution in [0.15, 0.2) is 18.2 Å². The van der Waals surface area contributed by atoms with Gasteiger partial charge in [0.1, 0.15) is 11.3 Å². The van der Waals surface area contributed by atoms with Gasteiger partial charge < -0.3 is 15.7 Å². The van der Waals surface area contributed by atoms with Crippen molar-refractivity contribution in [1.82, 2.24) is 10.2 Å². The third-order valence-corrected chi connectivity index (χ3v) is 6.56. The first kappa shape index (κ1) is 22.4. The molecule has 7 nitrogen and oxygen atoms in total. The van der Waals surface area contributed by atoms with E-state index in [1.54, 1.807) is 6.07 Å². The number of halogens is 1. The minimum atomic E-state index is -0.735. The Bertz CT molecular complexity index is 824. The van der Waals surface area contributed by atoms with Crippen molar-refractivity contribution in [3.8, 4) is 11.8 Å².